The molecule has 0 saturated heterocycles. The van der Waals surface area contributed by atoms with E-state index in [-0.39, 0.29) is 12.8 Å². The summed E-state index contributed by atoms with van der Waals surface area (Å²) < 4.78 is 0. The SMILES string of the molecule is CSCCC(NC(=O)C(CCC(=O)O)NC(=O)C(N)CCCCN)C(=O)NC(C(=O)O)C(C)O. The van der Waals surface area contributed by atoms with Crippen LogP contribution in [0, 0.1) is 0 Å². The fourth-order valence-electron chi connectivity index (χ4n) is 2.87. The Morgan fingerprint density at radius 3 is 1.94 bits per heavy atom. The molecule has 10 N–H and O–H groups in total. The maximum Gasteiger partial charge on any atom is 0.328 e. The summed E-state index contributed by atoms with van der Waals surface area (Å²) in [7, 11) is 0. The number of carbonyl (C=O) groups excluding carboxylic acids is 3. The summed E-state index contributed by atoms with van der Waals surface area (Å²) in [6.45, 7) is 1.64. The first kappa shape index (κ1) is 31.6. The lowest BCUT2D eigenvalue weighted by Crippen LogP contribution is -2.58. The van der Waals surface area contributed by atoms with E-state index in [1.807, 2.05) is 0 Å². The van der Waals surface area contributed by atoms with E-state index in [0.29, 0.717) is 31.6 Å². The molecule has 0 aliphatic rings. The number of carbonyl (C=O) groups is 5. The number of hydrogen-bond donors (Lipinski definition) is 8. The van der Waals surface area contributed by atoms with Crippen molar-refractivity contribution >= 4 is 41.4 Å². The van der Waals surface area contributed by atoms with Gasteiger partial charge in [0.05, 0.1) is 12.1 Å². The van der Waals surface area contributed by atoms with Gasteiger partial charge in [0.1, 0.15) is 12.1 Å². The van der Waals surface area contributed by atoms with Crippen LogP contribution in [0.5, 0.6) is 0 Å². The molecule has 3 amide bonds. The number of nitrogens with two attached hydrogens (primary N) is 2. The zero-order chi connectivity index (χ0) is 26.3. The molecule has 0 fully saturated rings. The second kappa shape index (κ2) is 17.1. The first-order chi connectivity index (χ1) is 15.9. The average molecular weight is 508 g/mol. The van der Waals surface area contributed by atoms with Gasteiger partial charge in [0.2, 0.25) is 17.7 Å². The van der Waals surface area contributed by atoms with Gasteiger partial charge in [0.25, 0.3) is 0 Å². The molecule has 0 radical (unpaired) electrons. The van der Waals surface area contributed by atoms with E-state index < -0.39 is 66.4 Å². The smallest absolute Gasteiger partial charge is 0.328 e. The standard InChI is InChI=1S/C20H37N5O8S/c1-11(26)16(20(32)33)25-19(31)14(8-10-34-2)24-18(30)13(6-7-15(27)28)23-17(29)12(22)5-3-4-9-21/h11-14,16,26H,3-10,21-22H2,1-2H3,(H,23,29)(H,24,30)(H,25,31)(H,27,28)(H,32,33). The van der Waals surface area contributed by atoms with Gasteiger partial charge in [-0.25, -0.2) is 4.79 Å². The molecule has 196 valence electrons. The maximum atomic E-state index is 12.9. The fraction of sp³-hybridized carbons (Fsp3) is 0.750. The van der Waals surface area contributed by atoms with Crippen molar-refractivity contribution in [3.63, 3.8) is 0 Å². The minimum atomic E-state index is -1.59. The largest absolute Gasteiger partial charge is 0.481 e. The number of hydrogen-bond acceptors (Lipinski definition) is 9. The molecule has 0 aliphatic heterocycles. The van der Waals surface area contributed by atoms with Crippen LogP contribution in [-0.2, 0) is 24.0 Å². The number of carboxylic acids is 2. The van der Waals surface area contributed by atoms with Crippen molar-refractivity contribution in [2.24, 2.45) is 11.5 Å². The molecule has 14 heteroatoms. The predicted octanol–water partition coefficient (Wildman–Crippen LogP) is -2.02. The van der Waals surface area contributed by atoms with Crippen molar-refractivity contribution in [1.29, 1.82) is 0 Å². The Balaban J connectivity index is 5.44. The number of nitrogens with one attached hydrogen (secondary N) is 3. The van der Waals surface area contributed by atoms with E-state index in [0.717, 1.165) is 0 Å². The van der Waals surface area contributed by atoms with Crippen molar-refractivity contribution in [2.45, 2.75) is 75.7 Å². The zero-order valence-corrected chi connectivity index (χ0v) is 20.3. The predicted molar refractivity (Wildman–Crippen MR) is 126 cm³/mol. The van der Waals surface area contributed by atoms with E-state index in [1.54, 1.807) is 6.26 Å². The van der Waals surface area contributed by atoms with Crippen LogP contribution in [0.1, 0.15) is 45.4 Å². The normalized spacial score (nSPS) is 15.3. The fourth-order valence-corrected chi connectivity index (χ4v) is 3.35. The van der Waals surface area contributed by atoms with Gasteiger partial charge in [-0.3, -0.25) is 19.2 Å². The highest BCUT2D eigenvalue weighted by molar-refractivity contribution is 7.98. The molecule has 13 nitrogen and oxygen atoms in total. The van der Waals surface area contributed by atoms with Crippen molar-refractivity contribution in [3.8, 4) is 0 Å². The van der Waals surface area contributed by atoms with Gasteiger partial charge in [-0.05, 0) is 51.2 Å². The lowest BCUT2D eigenvalue weighted by Gasteiger charge is -2.25. The van der Waals surface area contributed by atoms with Crippen molar-refractivity contribution in [2.75, 3.05) is 18.6 Å². The van der Waals surface area contributed by atoms with Crippen LogP contribution in [-0.4, -0.2) is 93.8 Å². The number of rotatable bonds is 18. The van der Waals surface area contributed by atoms with Crippen molar-refractivity contribution in [3.05, 3.63) is 0 Å². The summed E-state index contributed by atoms with van der Waals surface area (Å²) >= 11 is 1.38. The first-order valence-electron chi connectivity index (χ1n) is 10.9. The van der Waals surface area contributed by atoms with Crippen LogP contribution < -0.4 is 27.4 Å². The summed E-state index contributed by atoms with van der Waals surface area (Å²) in [5.41, 5.74) is 11.3. The maximum absolute atomic E-state index is 12.9. The Hall–Kier alpha value is -2.42. The highest BCUT2D eigenvalue weighted by Gasteiger charge is 2.31. The number of aliphatic hydroxyl groups is 1. The van der Waals surface area contributed by atoms with Crippen LogP contribution in [0.15, 0.2) is 0 Å². The van der Waals surface area contributed by atoms with Crippen molar-refractivity contribution < 1.29 is 39.3 Å². The molecule has 0 aromatic rings. The quantitative estimate of drug-likeness (QED) is 0.0943. The zero-order valence-electron chi connectivity index (χ0n) is 19.5. The molecule has 34 heavy (non-hydrogen) atoms. The second-order valence-electron chi connectivity index (χ2n) is 7.79. The highest BCUT2D eigenvalue weighted by Crippen LogP contribution is 2.07. The Morgan fingerprint density at radius 2 is 1.44 bits per heavy atom. The summed E-state index contributed by atoms with van der Waals surface area (Å²) in [4.78, 5) is 60.2. The molecule has 0 aliphatic carbocycles. The number of carboxylic acid groups (broad SMARTS) is 2. The second-order valence-corrected chi connectivity index (χ2v) is 8.78. The minimum Gasteiger partial charge on any atom is -0.481 e. The minimum absolute atomic E-state index is 0.128. The monoisotopic (exact) mass is 507 g/mol. The molecule has 0 rings (SSSR count). The number of aliphatic carboxylic acids is 2. The molecule has 0 aromatic heterocycles. The molecular weight excluding hydrogens is 470 g/mol. The number of amides is 3. The lowest BCUT2D eigenvalue weighted by atomic mass is 10.1. The van der Waals surface area contributed by atoms with E-state index in [2.05, 4.69) is 16.0 Å². The molecule has 5 unspecified atom stereocenters. The van der Waals surface area contributed by atoms with Crippen molar-refractivity contribution in [1.82, 2.24) is 16.0 Å². The number of aliphatic hydroxyl groups excluding tert-OH is 1. The summed E-state index contributed by atoms with van der Waals surface area (Å²) in [5.74, 6) is -4.49. The van der Waals surface area contributed by atoms with Gasteiger partial charge in [-0.1, -0.05) is 6.42 Å². The summed E-state index contributed by atoms with van der Waals surface area (Å²) in [6.07, 6.45) is 1.43. The summed E-state index contributed by atoms with van der Waals surface area (Å²) in [6, 6.07) is -4.97. The Bertz CT molecular complexity index is 694. The average Bonchev–Trinajstić information content (AvgIpc) is 2.76. The Morgan fingerprint density at radius 1 is 0.882 bits per heavy atom. The van der Waals surface area contributed by atoms with Gasteiger partial charge >= 0.3 is 11.9 Å². The number of unbranched alkanes of at least 4 members (excludes halogenated alkanes) is 1. The van der Waals surface area contributed by atoms with E-state index in [1.165, 1.54) is 18.7 Å². The van der Waals surface area contributed by atoms with E-state index in [4.69, 9.17) is 16.6 Å². The van der Waals surface area contributed by atoms with Gasteiger partial charge < -0.3 is 42.7 Å². The molecule has 0 saturated carbocycles. The molecule has 0 bridgehead atoms. The third kappa shape index (κ3) is 12.7. The van der Waals surface area contributed by atoms with Gasteiger partial charge in [0, 0.05) is 6.42 Å². The Labute approximate surface area is 202 Å². The molecular formula is C20H37N5O8S. The third-order valence-corrected chi connectivity index (χ3v) is 5.52. The highest BCUT2D eigenvalue weighted by atomic mass is 32.2. The third-order valence-electron chi connectivity index (χ3n) is 4.88. The van der Waals surface area contributed by atoms with Crippen LogP contribution in [0.4, 0.5) is 0 Å². The molecule has 0 aromatic carbocycles. The van der Waals surface area contributed by atoms with Crippen LogP contribution in [0.2, 0.25) is 0 Å². The topological polar surface area (TPSA) is 234 Å². The van der Waals surface area contributed by atoms with E-state index >= 15 is 0 Å². The molecule has 0 heterocycles. The van der Waals surface area contributed by atoms with Gasteiger partial charge in [-0.15, -0.1) is 0 Å². The number of thioether (sulfide) groups is 1. The van der Waals surface area contributed by atoms with Crippen LogP contribution >= 0.6 is 11.8 Å². The molecule has 5 atom stereocenters. The van der Waals surface area contributed by atoms with Crippen LogP contribution in [0.25, 0.3) is 0 Å². The lowest BCUT2D eigenvalue weighted by molar-refractivity contribution is -0.145. The first-order valence-corrected chi connectivity index (χ1v) is 12.3. The Kier molecular flexibility index (Phi) is 15.9. The van der Waals surface area contributed by atoms with E-state index in [9.17, 15) is 34.2 Å². The van der Waals surface area contributed by atoms with Gasteiger partial charge in [0.15, 0.2) is 6.04 Å². The molecule has 0 spiro atoms. The van der Waals surface area contributed by atoms with Gasteiger partial charge in [-0.2, -0.15) is 11.8 Å². The summed E-state index contributed by atoms with van der Waals surface area (Å²) in [5, 5.41) is 34.8. The van der Waals surface area contributed by atoms with Crippen LogP contribution in [0.3, 0.4) is 0 Å².